The predicted molar refractivity (Wildman–Crippen MR) is 72.4 cm³/mol. The topological polar surface area (TPSA) is 37.4 Å². The first-order valence-corrected chi connectivity index (χ1v) is 6.75. The van der Waals surface area contributed by atoms with E-state index in [9.17, 15) is 0 Å². The largest absolute Gasteiger partial charge is 0.377 e. The quantitative estimate of drug-likeness (QED) is 0.739. The standard InChI is InChI=1S/C14H23N3O/c1-17(12-13-5-2-3-7-16-13)9-8-15-11-14-6-4-10-18-14/h2-3,5,7,14-15H,4,6,8-12H2,1H3. The molecule has 0 aliphatic carbocycles. The van der Waals surface area contributed by atoms with Crippen LogP contribution in [0, 0.1) is 0 Å². The van der Waals surface area contributed by atoms with Gasteiger partial charge in [0.05, 0.1) is 11.8 Å². The summed E-state index contributed by atoms with van der Waals surface area (Å²) in [6.07, 6.45) is 4.70. The van der Waals surface area contributed by atoms with Crippen LogP contribution in [0.5, 0.6) is 0 Å². The molecule has 4 heteroatoms. The van der Waals surface area contributed by atoms with Crippen molar-refractivity contribution >= 4 is 0 Å². The molecule has 2 rings (SSSR count). The molecule has 18 heavy (non-hydrogen) atoms. The highest BCUT2D eigenvalue weighted by Gasteiger charge is 2.14. The molecular weight excluding hydrogens is 226 g/mol. The Morgan fingerprint density at radius 2 is 2.44 bits per heavy atom. The highest BCUT2D eigenvalue weighted by Crippen LogP contribution is 2.10. The van der Waals surface area contributed by atoms with Crippen molar-refractivity contribution in [2.45, 2.75) is 25.5 Å². The number of ether oxygens (including phenoxy) is 1. The lowest BCUT2D eigenvalue weighted by atomic mass is 10.2. The lowest BCUT2D eigenvalue weighted by Gasteiger charge is -2.17. The number of hydrogen-bond donors (Lipinski definition) is 1. The van der Waals surface area contributed by atoms with E-state index in [1.54, 1.807) is 0 Å². The van der Waals surface area contributed by atoms with Crippen LogP contribution in [0.1, 0.15) is 18.5 Å². The lowest BCUT2D eigenvalue weighted by Crippen LogP contribution is -2.33. The molecule has 0 radical (unpaired) electrons. The molecule has 1 aliphatic heterocycles. The molecule has 0 saturated carbocycles. The van der Waals surface area contributed by atoms with Crippen LogP contribution < -0.4 is 5.32 Å². The molecule has 0 amide bonds. The van der Waals surface area contributed by atoms with Crippen molar-refractivity contribution in [1.82, 2.24) is 15.2 Å². The summed E-state index contributed by atoms with van der Waals surface area (Å²) in [6, 6.07) is 6.05. The second kappa shape index (κ2) is 7.46. The second-order valence-electron chi connectivity index (χ2n) is 4.90. The Bertz CT molecular complexity index is 325. The number of hydrogen-bond acceptors (Lipinski definition) is 4. The molecule has 1 aliphatic rings. The van der Waals surface area contributed by atoms with E-state index in [0.717, 1.165) is 38.5 Å². The smallest absolute Gasteiger partial charge is 0.0700 e. The zero-order valence-corrected chi connectivity index (χ0v) is 11.1. The van der Waals surface area contributed by atoms with Crippen molar-refractivity contribution in [3.05, 3.63) is 30.1 Å². The van der Waals surface area contributed by atoms with Gasteiger partial charge in [0, 0.05) is 39.0 Å². The van der Waals surface area contributed by atoms with E-state index in [2.05, 4.69) is 28.3 Å². The van der Waals surface area contributed by atoms with Crippen LogP contribution in [0.25, 0.3) is 0 Å². The third-order valence-electron chi connectivity index (χ3n) is 3.22. The second-order valence-corrected chi connectivity index (χ2v) is 4.90. The molecule has 4 nitrogen and oxygen atoms in total. The summed E-state index contributed by atoms with van der Waals surface area (Å²) < 4.78 is 5.57. The molecular formula is C14H23N3O. The van der Waals surface area contributed by atoms with Gasteiger partial charge in [0.15, 0.2) is 0 Å². The van der Waals surface area contributed by atoms with Crippen molar-refractivity contribution in [1.29, 1.82) is 0 Å². The van der Waals surface area contributed by atoms with E-state index in [0.29, 0.717) is 6.10 Å². The van der Waals surface area contributed by atoms with Crippen molar-refractivity contribution in [2.24, 2.45) is 0 Å². The molecule has 1 fully saturated rings. The van der Waals surface area contributed by atoms with Gasteiger partial charge >= 0.3 is 0 Å². The van der Waals surface area contributed by atoms with Crippen LogP contribution in [-0.4, -0.2) is 49.3 Å². The summed E-state index contributed by atoms with van der Waals surface area (Å²) in [4.78, 5) is 6.61. The predicted octanol–water partition coefficient (Wildman–Crippen LogP) is 1.28. The maximum atomic E-state index is 5.57. The van der Waals surface area contributed by atoms with Gasteiger partial charge in [0.25, 0.3) is 0 Å². The number of aromatic nitrogens is 1. The van der Waals surface area contributed by atoms with E-state index >= 15 is 0 Å². The van der Waals surface area contributed by atoms with Crippen LogP contribution in [0.3, 0.4) is 0 Å². The average Bonchev–Trinajstić information content (AvgIpc) is 2.89. The zero-order chi connectivity index (χ0) is 12.6. The third kappa shape index (κ3) is 4.72. The third-order valence-corrected chi connectivity index (χ3v) is 3.22. The SMILES string of the molecule is CN(CCNCC1CCCO1)Cc1ccccn1. The molecule has 1 atom stereocenters. The normalized spacial score (nSPS) is 19.6. The molecule has 0 aromatic carbocycles. The van der Waals surface area contributed by atoms with Crippen molar-refractivity contribution in [3.8, 4) is 0 Å². The summed E-state index contributed by atoms with van der Waals surface area (Å²) in [5.41, 5.74) is 1.12. The lowest BCUT2D eigenvalue weighted by molar-refractivity contribution is 0.109. The highest BCUT2D eigenvalue weighted by molar-refractivity contribution is 5.02. The van der Waals surface area contributed by atoms with Crippen molar-refractivity contribution in [3.63, 3.8) is 0 Å². The van der Waals surface area contributed by atoms with E-state index in [1.807, 2.05) is 18.3 Å². The highest BCUT2D eigenvalue weighted by atomic mass is 16.5. The first-order chi connectivity index (χ1) is 8.84. The fourth-order valence-electron chi connectivity index (χ4n) is 2.19. The van der Waals surface area contributed by atoms with Gasteiger partial charge in [-0.2, -0.15) is 0 Å². The average molecular weight is 249 g/mol. The number of nitrogens with zero attached hydrogens (tertiary/aromatic N) is 2. The fraction of sp³-hybridized carbons (Fsp3) is 0.643. The fourth-order valence-corrected chi connectivity index (χ4v) is 2.19. The van der Waals surface area contributed by atoms with Gasteiger partial charge in [-0.3, -0.25) is 9.88 Å². The summed E-state index contributed by atoms with van der Waals surface area (Å²) in [6.45, 7) is 4.86. The minimum absolute atomic E-state index is 0.436. The summed E-state index contributed by atoms with van der Waals surface area (Å²) in [5.74, 6) is 0. The maximum Gasteiger partial charge on any atom is 0.0700 e. The molecule has 100 valence electrons. The van der Waals surface area contributed by atoms with Crippen LogP contribution in [0.15, 0.2) is 24.4 Å². The van der Waals surface area contributed by atoms with E-state index in [1.165, 1.54) is 12.8 Å². The summed E-state index contributed by atoms with van der Waals surface area (Å²) in [7, 11) is 2.13. The number of likely N-dealkylation sites (N-methyl/N-ethyl adjacent to an activating group) is 1. The van der Waals surface area contributed by atoms with Crippen LogP contribution in [-0.2, 0) is 11.3 Å². The van der Waals surface area contributed by atoms with Gasteiger partial charge in [-0.1, -0.05) is 6.07 Å². The molecule has 1 unspecified atom stereocenters. The Kier molecular flexibility index (Phi) is 5.58. The van der Waals surface area contributed by atoms with Gasteiger partial charge in [0.1, 0.15) is 0 Å². The Hall–Kier alpha value is -0.970. The Morgan fingerprint density at radius 1 is 1.50 bits per heavy atom. The monoisotopic (exact) mass is 249 g/mol. The Morgan fingerprint density at radius 3 is 3.17 bits per heavy atom. The van der Waals surface area contributed by atoms with Crippen molar-refractivity contribution < 1.29 is 4.74 Å². The van der Waals surface area contributed by atoms with E-state index < -0.39 is 0 Å². The summed E-state index contributed by atoms with van der Waals surface area (Å²) in [5, 5.41) is 3.46. The minimum atomic E-state index is 0.436. The van der Waals surface area contributed by atoms with E-state index in [-0.39, 0.29) is 0 Å². The number of rotatable bonds is 7. The molecule has 1 aromatic rings. The maximum absolute atomic E-state index is 5.57. The number of pyridine rings is 1. The van der Waals surface area contributed by atoms with E-state index in [4.69, 9.17) is 4.74 Å². The molecule has 1 saturated heterocycles. The van der Waals surface area contributed by atoms with Crippen LogP contribution >= 0.6 is 0 Å². The van der Waals surface area contributed by atoms with Gasteiger partial charge in [-0.15, -0.1) is 0 Å². The first kappa shape index (κ1) is 13.5. The molecule has 1 aromatic heterocycles. The number of nitrogens with one attached hydrogen (secondary N) is 1. The molecule has 0 spiro atoms. The Labute approximate surface area is 109 Å². The van der Waals surface area contributed by atoms with Crippen LogP contribution in [0.4, 0.5) is 0 Å². The molecule has 0 bridgehead atoms. The van der Waals surface area contributed by atoms with Gasteiger partial charge in [-0.05, 0) is 32.0 Å². The zero-order valence-electron chi connectivity index (χ0n) is 11.1. The molecule has 2 heterocycles. The van der Waals surface area contributed by atoms with Gasteiger partial charge < -0.3 is 10.1 Å². The van der Waals surface area contributed by atoms with Crippen molar-refractivity contribution in [2.75, 3.05) is 33.3 Å². The van der Waals surface area contributed by atoms with Gasteiger partial charge in [-0.25, -0.2) is 0 Å². The Balaban J connectivity index is 1.55. The van der Waals surface area contributed by atoms with Crippen LogP contribution in [0.2, 0.25) is 0 Å². The molecule has 1 N–H and O–H groups in total. The van der Waals surface area contributed by atoms with Gasteiger partial charge in [0.2, 0.25) is 0 Å². The minimum Gasteiger partial charge on any atom is -0.377 e. The first-order valence-electron chi connectivity index (χ1n) is 6.75. The summed E-state index contributed by atoms with van der Waals surface area (Å²) >= 11 is 0.